The SMILES string of the molecule is Cc1cc(F)c(-c2ccc(F)c(F)c2F)cc1C(SC(c1cc(-c2ccc(F)c(F)c2F)c(F)cc1C)C(F)(F)F)C(F)(F)F. The predicted molar refractivity (Wildman–Crippen MR) is 138 cm³/mol. The molecule has 0 N–H and O–H groups in total. The van der Waals surface area contributed by atoms with Crippen LogP contribution < -0.4 is 0 Å². The molecule has 0 aliphatic rings. The van der Waals surface area contributed by atoms with Crippen LogP contribution in [0.25, 0.3) is 22.3 Å². The van der Waals surface area contributed by atoms with Crippen molar-refractivity contribution in [1.82, 2.24) is 0 Å². The van der Waals surface area contributed by atoms with E-state index in [0.717, 1.165) is 13.8 Å². The van der Waals surface area contributed by atoms with E-state index in [-0.39, 0.29) is 0 Å². The van der Waals surface area contributed by atoms with Gasteiger partial charge in [0.25, 0.3) is 0 Å². The van der Waals surface area contributed by atoms with Crippen molar-refractivity contribution >= 4 is 11.8 Å². The third-order valence-corrected chi connectivity index (χ3v) is 8.38. The van der Waals surface area contributed by atoms with E-state index in [1.165, 1.54) is 0 Å². The van der Waals surface area contributed by atoms with Gasteiger partial charge in [0.2, 0.25) is 0 Å². The Hall–Kier alpha value is -3.75. The number of hydrogen-bond donors (Lipinski definition) is 0. The molecule has 2 unspecified atom stereocenters. The maximum atomic E-state index is 14.8. The van der Waals surface area contributed by atoms with Crippen molar-refractivity contribution < 1.29 is 61.5 Å². The zero-order chi connectivity index (χ0) is 33.8. The largest absolute Gasteiger partial charge is 0.404 e. The molecule has 4 rings (SSSR count). The Balaban J connectivity index is 1.91. The zero-order valence-electron chi connectivity index (χ0n) is 22.5. The second-order valence-corrected chi connectivity index (χ2v) is 11.0. The molecule has 4 aromatic carbocycles. The van der Waals surface area contributed by atoms with Gasteiger partial charge in [-0.05, 0) is 84.6 Å². The highest BCUT2D eigenvalue weighted by atomic mass is 32.2. The van der Waals surface area contributed by atoms with E-state index in [1.807, 2.05) is 0 Å². The highest BCUT2D eigenvalue weighted by Gasteiger charge is 2.51. The summed E-state index contributed by atoms with van der Waals surface area (Å²) < 4.78 is 200. The smallest absolute Gasteiger partial charge is 0.206 e. The van der Waals surface area contributed by atoms with Gasteiger partial charge in [-0.25, -0.2) is 35.1 Å². The van der Waals surface area contributed by atoms with Crippen molar-refractivity contribution in [3.8, 4) is 22.3 Å². The van der Waals surface area contributed by atoms with E-state index in [9.17, 15) is 61.5 Å². The fraction of sp³-hybridized carbons (Fsp3) is 0.200. The molecule has 0 fully saturated rings. The highest BCUT2D eigenvalue weighted by molar-refractivity contribution is 7.99. The van der Waals surface area contributed by atoms with Gasteiger partial charge in [-0.2, -0.15) is 26.3 Å². The summed E-state index contributed by atoms with van der Waals surface area (Å²) in [7, 11) is 0. The van der Waals surface area contributed by atoms with E-state index in [4.69, 9.17) is 0 Å². The first kappa shape index (κ1) is 34.1. The van der Waals surface area contributed by atoms with E-state index >= 15 is 0 Å². The summed E-state index contributed by atoms with van der Waals surface area (Å²) in [5.41, 5.74) is -7.16. The maximum Gasteiger partial charge on any atom is 0.404 e. The average Bonchev–Trinajstić information content (AvgIpc) is 2.92. The minimum atomic E-state index is -5.51. The molecule has 0 bridgehead atoms. The lowest BCUT2D eigenvalue weighted by Gasteiger charge is -2.30. The zero-order valence-corrected chi connectivity index (χ0v) is 23.3. The molecule has 0 aromatic heterocycles. The van der Waals surface area contributed by atoms with Gasteiger partial charge in [-0.1, -0.05) is 0 Å². The summed E-state index contributed by atoms with van der Waals surface area (Å²) in [6.45, 7) is 1.83. The maximum absolute atomic E-state index is 14.8. The minimum absolute atomic E-state index is 0.360. The topological polar surface area (TPSA) is 0 Å². The molecule has 0 aliphatic carbocycles. The molecular formula is C30H16F14S. The summed E-state index contributed by atoms with van der Waals surface area (Å²) in [4.78, 5) is 0. The lowest BCUT2D eigenvalue weighted by Crippen LogP contribution is -2.26. The molecule has 0 heterocycles. The molecule has 2 atom stereocenters. The van der Waals surface area contributed by atoms with Crippen LogP contribution >= 0.6 is 11.8 Å². The van der Waals surface area contributed by atoms with Crippen LogP contribution in [0.4, 0.5) is 61.5 Å². The Morgan fingerprint density at radius 1 is 0.444 bits per heavy atom. The molecule has 0 saturated heterocycles. The van der Waals surface area contributed by atoms with Crippen molar-refractivity contribution in [2.45, 2.75) is 36.7 Å². The molecule has 0 saturated carbocycles. The van der Waals surface area contributed by atoms with Gasteiger partial charge >= 0.3 is 12.4 Å². The third-order valence-electron chi connectivity index (χ3n) is 6.79. The van der Waals surface area contributed by atoms with Crippen molar-refractivity contribution in [3.63, 3.8) is 0 Å². The molecule has 0 nitrogen and oxygen atoms in total. The van der Waals surface area contributed by atoms with Crippen LogP contribution in [0, 0.1) is 60.4 Å². The van der Waals surface area contributed by atoms with Crippen LogP contribution in [-0.4, -0.2) is 12.4 Å². The quantitative estimate of drug-likeness (QED) is 0.145. The average molecular weight is 674 g/mol. The van der Waals surface area contributed by atoms with E-state index in [1.54, 1.807) is 0 Å². The van der Waals surface area contributed by atoms with Crippen LogP contribution in [-0.2, 0) is 0 Å². The Labute approximate surface area is 249 Å². The first-order valence-corrected chi connectivity index (χ1v) is 13.3. The van der Waals surface area contributed by atoms with Gasteiger partial charge in [-0.3, -0.25) is 0 Å². The molecule has 0 aliphatic heterocycles. The predicted octanol–water partition coefficient (Wildman–Crippen LogP) is 11.4. The summed E-state index contributed by atoms with van der Waals surface area (Å²) in [5.74, 6) is -14.3. The monoisotopic (exact) mass is 674 g/mol. The second kappa shape index (κ2) is 12.2. The van der Waals surface area contributed by atoms with Gasteiger partial charge in [0.1, 0.15) is 22.1 Å². The highest BCUT2D eigenvalue weighted by Crippen LogP contribution is 2.56. The summed E-state index contributed by atoms with van der Waals surface area (Å²) in [6, 6.07) is 3.40. The lowest BCUT2D eigenvalue weighted by atomic mass is 9.96. The molecule has 4 aromatic rings. The van der Waals surface area contributed by atoms with Crippen LogP contribution in [0.15, 0.2) is 48.5 Å². The molecular weight excluding hydrogens is 658 g/mol. The number of hydrogen-bond acceptors (Lipinski definition) is 1. The first-order valence-electron chi connectivity index (χ1n) is 12.4. The van der Waals surface area contributed by atoms with Gasteiger partial charge < -0.3 is 0 Å². The number of rotatable bonds is 6. The van der Waals surface area contributed by atoms with Crippen LogP contribution in [0.3, 0.4) is 0 Å². The van der Waals surface area contributed by atoms with Crippen LogP contribution in [0.1, 0.15) is 32.8 Å². The van der Waals surface area contributed by atoms with Gasteiger partial charge in [0.05, 0.1) is 0 Å². The molecule has 0 amide bonds. The fourth-order valence-corrected chi connectivity index (χ4v) is 6.00. The van der Waals surface area contributed by atoms with Crippen molar-refractivity contribution in [2.24, 2.45) is 0 Å². The van der Waals surface area contributed by atoms with Crippen molar-refractivity contribution in [1.29, 1.82) is 0 Å². The lowest BCUT2D eigenvalue weighted by molar-refractivity contribution is -0.136. The van der Waals surface area contributed by atoms with Gasteiger partial charge in [0.15, 0.2) is 34.9 Å². The third kappa shape index (κ3) is 6.63. The number of benzene rings is 4. The van der Waals surface area contributed by atoms with E-state index in [0.29, 0.717) is 48.5 Å². The normalized spacial score (nSPS) is 13.7. The Bertz CT molecular complexity index is 1650. The van der Waals surface area contributed by atoms with E-state index < -0.39 is 126 Å². The van der Waals surface area contributed by atoms with Gasteiger partial charge in [-0.15, -0.1) is 11.8 Å². The Morgan fingerprint density at radius 3 is 1.09 bits per heavy atom. The number of aryl methyl sites for hydroxylation is 2. The minimum Gasteiger partial charge on any atom is -0.206 e. The standard InChI is InChI=1S/C30H16F14S/c1-11-7-21(33)17(13-3-5-19(31)25(37)23(13)35)9-15(11)27(29(39,40)41)45-28(30(42,43)44)16-10-18(22(34)8-12(16)2)14-4-6-20(32)26(38)24(14)36/h3-10,27-28H,1-2H3. The number of thioether (sulfide) groups is 1. The Morgan fingerprint density at radius 2 is 0.778 bits per heavy atom. The van der Waals surface area contributed by atoms with Gasteiger partial charge in [0, 0.05) is 22.3 Å². The first-order chi connectivity index (χ1) is 20.7. The Kier molecular flexibility index (Phi) is 9.26. The molecule has 15 heteroatoms. The summed E-state index contributed by atoms with van der Waals surface area (Å²) >= 11 is -0.773. The molecule has 0 radical (unpaired) electrons. The van der Waals surface area contributed by atoms with Crippen LogP contribution in [0.2, 0.25) is 0 Å². The fourth-order valence-electron chi connectivity index (χ4n) is 4.61. The molecule has 45 heavy (non-hydrogen) atoms. The van der Waals surface area contributed by atoms with Crippen molar-refractivity contribution in [3.05, 3.63) is 117 Å². The molecule has 0 spiro atoms. The summed E-state index contributed by atoms with van der Waals surface area (Å²) in [6.07, 6.45) is -11.0. The van der Waals surface area contributed by atoms with Crippen LogP contribution in [0.5, 0.6) is 0 Å². The summed E-state index contributed by atoms with van der Waals surface area (Å²) in [5, 5.41) is -6.27. The number of alkyl halides is 6. The second-order valence-electron chi connectivity index (χ2n) is 9.80. The van der Waals surface area contributed by atoms with Crippen molar-refractivity contribution in [2.75, 3.05) is 0 Å². The number of halogens is 14. The molecule has 240 valence electrons. The van der Waals surface area contributed by atoms with E-state index in [2.05, 4.69) is 0 Å².